The van der Waals surface area contributed by atoms with E-state index in [4.69, 9.17) is 16.3 Å². The minimum Gasteiger partial charge on any atom is -0.492 e. The third-order valence-electron chi connectivity index (χ3n) is 6.74. The summed E-state index contributed by atoms with van der Waals surface area (Å²) in [5.41, 5.74) is 3.73. The topological polar surface area (TPSA) is 109 Å². The number of piperidine rings is 1. The summed E-state index contributed by atoms with van der Waals surface area (Å²) < 4.78 is 6.40. The van der Waals surface area contributed by atoms with Crippen molar-refractivity contribution in [3.8, 4) is 16.9 Å². The van der Waals surface area contributed by atoms with Gasteiger partial charge >= 0.3 is 0 Å². The molecule has 0 radical (unpaired) electrons. The van der Waals surface area contributed by atoms with E-state index in [1.54, 1.807) is 12.1 Å². The molecule has 5 rings (SSSR count). The molecule has 3 heterocycles. The number of hydrogen-bond acceptors (Lipinski definition) is 6. The number of pyridine rings is 1. The Kier molecular flexibility index (Phi) is 7.72. The average molecular weight is 532 g/mol. The van der Waals surface area contributed by atoms with Gasteiger partial charge in [-0.25, -0.2) is 4.98 Å². The van der Waals surface area contributed by atoms with Crippen LogP contribution in [0, 0.1) is 13.8 Å². The van der Waals surface area contributed by atoms with Crippen molar-refractivity contribution in [2.75, 3.05) is 18.5 Å². The van der Waals surface area contributed by atoms with E-state index >= 15 is 0 Å². The summed E-state index contributed by atoms with van der Waals surface area (Å²) in [5.74, 6) is 0.311. The number of anilines is 1. The highest BCUT2D eigenvalue weighted by molar-refractivity contribution is 6.35. The first-order valence-corrected chi connectivity index (χ1v) is 13.2. The summed E-state index contributed by atoms with van der Waals surface area (Å²) in [5, 5.41) is 7.07. The van der Waals surface area contributed by atoms with Crippen LogP contribution in [0.15, 0.2) is 53.7 Å². The number of H-pyrrole nitrogens is 1. The van der Waals surface area contributed by atoms with E-state index in [1.807, 2.05) is 26.0 Å². The predicted octanol–water partition coefficient (Wildman–Crippen LogP) is 5.42. The minimum absolute atomic E-state index is 0.200. The summed E-state index contributed by atoms with van der Waals surface area (Å²) in [6.45, 7) is 5.43. The number of aryl methyl sites for hydroxylation is 2. The first-order valence-electron chi connectivity index (χ1n) is 12.8. The van der Waals surface area contributed by atoms with Crippen molar-refractivity contribution in [1.82, 2.24) is 20.3 Å². The molecule has 1 amide bonds. The van der Waals surface area contributed by atoms with E-state index in [0.717, 1.165) is 36.1 Å². The Labute approximate surface area is 225 Å². The molecule has 0 bridgehead atoms. The summed E-state index contributed by atoms with van der Waals surface area (Å²) in [4.78, 5) is 37.6. The smallest absolute Gasteiger partial charge is 0.260 e. The molecule has 1 unspecified atom stereocenters. The van der Waals surface area contributed by atoms with Crippen molar-refractivity contribution in [2.24, 2.45) is 0 Å². The largest absolute Gasteiger partial charge is 0.492 e. The molecule has 38 heavy (non-hydrogen) atoms. The van der Waals surface area contributed by atoms with Crippen molar-refractivity contribution in [2.45, 2.75) is 45.6 Å². The third kappa shape index (κ3) is 5.71. The molecule has 8 nitrogen and oxygen atoms in total. The zero-order valence-corrected chi connectivity index (χ0v) is 22.2. The zero-order chi connectivity index (χ0) is 26.6. The van der Waals surface area contributed by atoms with E-state index in [0.29, 0.717) is 40.7 Å². The highest BCUT2D eigenvalue weighted by Gasteiger charge is 2.21. The van der Waals surface area contributed by atoms with Gasteiger partial charge in [-0.2, -0.15) is 0 Å². The Morgan fingerprint density at radius 1 is 1.13 bits per heavy atom. The van der Waals surface area contributed by atoms with Gasteiger partial charge in [-0.15, -0.1) is 0 Å². The molecule has 1 saturated heterocycles. The van der Waals surface area contributed by atoms with Crippen LogP contribution >= 0.6 is 11.6 Å². The van der Waals surface area contributed by atoms with E-state index in [2.05, 4.69) is 31.7 Å². The Morgan fingerprint density at radius 2 is 1.95 bits per heavy atom. The lowest BCUT2D eigenvalue weighted by molar-refractivity contribution is 0.102. The van der Waals surface area contributed by atoms with E-state index < -0.39 is 5.91 Å². The molecule has 1 fully saturated rings. The number of aromatic amines is 1. The lowest BCUT2D eigenvalue weighted by Gasteiger charge is -2.24. The molecule has 0 aliphatic carbocycles. The van der Waals surface area contributed by atoms with Gasteiger partial charge in [-0.05, 0) is 57.4 Å². The van der Waals surface area contributed by atoms with Gasteiger partial charge in [0.15, 0.2) is 5.82 Å². The maximum Gasteiger partial charge on any atom is 0.260 e. The fraction of sp³-hybridized carbons (Fsp3) is 0.310. The van der Waals surface area contributed by atoms with Crippen molar-refractivity contribution in [1.29, 1.82) is 0 Å². The molecule has 9 heteroatoms. The van der Waals surface area contributed by atoms with Crippen LogP contribution in [0.2, 0.25) is 5.02 Å². The molecule has 0 spiro atoms. The van der Waals surface area contributed by atoms with Crippen LogP contribution in [0.3, 0.4) is 0 Å². The van der Waals surface area contributed by atoms with Crippen LogP contribution in [0.5, 0.6) is 5.75 Å². The molecule has 196 valence electrons. The van der Waals surface area contributed by atoms with Crippen molar-refractivity contribution < 1.29 is 9.53 Å². The number of aromatic nitrogens is 3. The highest BCUT2D eigenvalue weighted by atomic mass is 35.5. The second-order valence-electron chi connectivity index (χ2n) is 9.74. The second kappa shape index (κ2) is 11.3. The SMILES string of the molecule is Cc1cc(C)cc(-c2c(OCCC3CCCCN3)c3cc(C(=O)Nc4cnccn4)c(Cl)cc3[nH]c2=O)c1. The van der Waals surface area contributed by atoms with E-state index in [1.165, 1.54) is 31.4 Å². The number of fused-ring (bicyclic) bond motifs is 1. The van der Waals surface area contributed by atoms with E-state index in [-0.39, 0.29) is 16.1 Å². The number of amides is 1. The normalized spacial score (nSPS) is 15.4. The number of carbonyl (C=O) groups is 1. The number of ether oxygens (including phenoxy) is 1. The minimum atomic E-state index is -0.436. The van der Waals surface area contributed by atoms with Crippen molar-refractivity contribution >= 4 is 34.2 Å². The number of nitrogens with zero attached hydrogens (tertiary/aromatic N) is 2. The van der Waals surface area contributed by atoms with Crippen molar-refractivity contribution in [3.63, 3.8) is 0 Å². The van der Waals surface area contributed by atoms with E-state index in [9.17, 15) is 9.59 Å². The molecule has 2 aromatic carbocycles. The molecule has 1 aliphatic rings. The number of hydrogen-bond donors (Lipinski definition) is 3. The number of benzene rings is 2. The van der Waals surface area contributed by atoms with Gasteiger partial charge in [0, 0.05) is 23.8 Å². The molecule has 1 atom stereocenters. The molecule has 4 aromatic rings. The van der Waals surface area contributed by atoms with Crippen LogP contribution in [0.25, 0.3) is 22.0 Å². The second-order valence-corrected chi connectivity index (χ2v) is 10.1. The zero-order valence-electron chi connectivity index (χ0n) is 21.4. The van der Waals surface area contributed by atoms with Crippen LogP contribution in [0.4, 0.5) is 5.82 Å². The molecule has 3 N–H and O–H groups in total. The van der Waals surface area contributed by atoms with Gasteiger partial charge in [-0.1, -0.05) is 47.3 Å². The lowest BCUT2D eigenvalue weighted by atomic mass is 9.98. The van der Waals surface area contributed by atoms with Gasteiger partial charge in [0.25, 0.3) is 11.5 Å². The molecule has 1 aliphatic heterocycles. The van der Waals surface area contributed by atoms with Gasteiger partial charge in [0.2, 0.25) is 0 Å². The quantitative estimate of drug-likeness (QED) is 0.294. The van der Waals surface area contributed by atoms with Gasteiger partial charge in [0.1, 0.15) is 5.75 Å². The third-order valence-corrected chi connectivity index (χ3v) is 7.05. The van der Waals surface area contributed by atoms with Gasteiger partial charge in [-0.3, -0.25) is 14.6 Å². The maximum atomic E-state index is 13.4. The Bertz CT molecular complexity index is 1510. The standard InChI is InChI=1S/C29H30ClN5O3/c1-17-11-18(2)13-19(12-17)26-27(38-10-6-20-5-3-4-7-32-20)22-14-21(23(30)15-24(22)34-29(26)37)28(36)35-25-16-31-8-9-33-25/h8-9,11-16,20,32H,3-7,10H2,1-2H3,(H,34,37)(H,33,35,36). The summed E-state index contributed by atoms with van der Waals surface area (Å²) in [6.07, 6.45) is 8.77. The average Bonchev–Trinajstić information content (AvgIpc) is 2.89. The number of nitrogens with one attached hydrogen (secondary N) is 3. The van der Waals surface area contributed by atoms with Crippen molar-refractivity contribution in [3.05, 3.63) is 81.0 Å². The fourth-order valence-electron chi connectivity index (χ4n) is 5.01. The highest BCUT2D eigenvalue weighted by Crippen LogP contribution is 2.36. The Hall–Kier alpha value is -3.75. The Morgan fingerprint density at radius 3 is 2.66 bits per heavy atom. The van der Waals surface area contributed by atoms with Crippen LogP contribution in [-0.4, -0.2) is 40.1 Å². The molecule has 0 saturated carbocycles. The van der Waals surface area contributed by atoms with Crippen LogP contribution in [0.1, 0.15) is 47.2 Å². The monoisotopic (exact) mass is 531 g/mol. The van der Waals surface area contributed by atoms with Gasteiger partial charge < -0.3 is 20.4 Å². The fourth-order valence-corrected chi connectivity index (χ4v) is 5.26. The molecule has 2 aromatic heterocycles. The molecular weight excluding hydrogens is 502 g/mol. The van der Waals surface area contributed by atoms with Crippen LogP contribution in [-0.2, 0) is 0 Å². The molecular formula is C29H30ClN5O3. The number of halogens is 1. The first-order chi connectivity index (χ1) is 18.4. The summed E-state index contributed by atoms with van der Waals surface area (Å²) in [6, 6.07) is 9.63. The van der Waals surface area contributed by atoms with Crippen LogP contribution < -0.4 is 20.9 Å². The maximum absolute atomic E-state index is 13.4. The predicted molar refractivity (Wildman–Crippen MR) is 150 cm³/mol. The number of carbonyl (C=O) groups excluding carboxylic acids is 1. The summed E-state index contributed by atoms with van der Waals surface area (Å²) >= 11 is 6.51. The Balaban J connectivity index is 1.60. The van der Waals surface area contributed by atoms with Gasteiger partial charge in [0.05, 0.1) is 34.5 Å². The first kappa shape index (κ1) is 25.9. The lowest BCUT2D eigenvalue weighted by Crippen LogP contribution is -2.35. The number of rotatable bonds is 7. The summed E-state index contributed by atoms with van der Waals surface area (Å²) in [7, 11) is 0.